The summed E-state index contributed by atoms with van der Waals surface area (Å²) < 4.78 is 0. The Morgan fingerprint density at radius 2 is 1.90 bits per heavy atom. The summed E-state index contributed by atoms with van der Waals surface area (Å²) in [5, 5.41) is 1.15. The van der Waals surface area contributed by atoms with E-state index < -0.39 is 0 Å². The van der Waals surface area contributed by atoms with Crippen LogP contribution >= 0.6 is 0 Å². The smallest absolute Gasteiger partial charge is 0.227 e. The maximum Gasteiger partial charge on any atom is 0.227 e. The van der Waals surface area contributed by atoms with Gasteiger partial charge in [-0.2, -0.15) is 0 Å². The van der Waals surface area contributed by atoms with E-state index in [9.17, 15) is 4.79 Å². The molecule has 5 rings (SSSR count). The number of piperidine rings is 1. The van der Waals surface area contributed by atoms with E-state index in [0.717, 1.165) is 53.9 Å². The Morgan fingerprint density at radius 1 is 1.14 bits per heavy atom. The number of hydrogen-bond acceptors (Lipinski definition) is 4. The van der Waals surface area contributed by atoms with Crippen LogP contribution in [0.15, 0.2) is 42.9 Å². The van der Waals surface area contributed by atoms with Crippen LogP contribution in [0.5, 0.6) is 0 Å². The van der Waals surface area contributed by atoms with E-state index in [1.54, 1.807) is 6.33 Å². The normalized spacial score (nSPS) is 17.6. The van der Waals surface area contributed by atoms with Crippen LogP contribution < -0.4 is 4.90 Å². The molecule has 3 heterocycles. The predicted octanol–water partition coefficient (Wildman–Crippen LogP) is 3.47. The lowest BCUT2D eigenvalue weighted by Crippen LogP contribution is -2.48. The molecule has 3 aromatic rings. The fraction of sp³-hybridized carbons (Fsp3) is 0.435. The second kappa shape index (κ2) is 7.50. The Hall–Kier alpha value is -2.89. The molecule has 6 heteroatoms. The van der Waals surface area contributed by atoms with Crippen molar-refractivity contribution in [1.29, 1.82) is 0 Å². The highest BCUT2D eigenvalue weighted by Crippen LogP contribution is 2.35. The molecule has 0 unspecified atom stereocenters. The Bertz CT molecular complexity index is 1020. The number of rotatable bonds is 5. The largest absolute Gasteiger partial charge is 0.361 e. The second-order valence-corrected chi connectivity index (χ2v) is 8.30. The summed E-state index contributed by atoms with van der Waals surface area (Å²) in [5.74, 6) is 1.27. The molecule has 1 saturated carbocycles. The number of fused-ring (bicyclic) bond motifs is 1. The van der Waals surface area contributed by atoms with Crippen molar-refractivity contribution in [3.8, 4) is 0 Å². The highest BCUT2D eigenvalue weighted by molar-refractivity contribution is 5.88. The van der Waals surface area contributed by atoms with Gasteiger partial charge in [-0.1, -0.05) is 18.2 Å². The summed E-state index contributed by atoms with van der Waals surface area (Å²) in [5.41, 5.74) is 3.19. The molecule has 1 aromatic carbocycles. The fourth-order valence-corrected chi connectivity index (χ4v) is 4.55. The number of likely N-dealkylation sites (tertiary alicyclic amines) is 1. The molecular formula is C23H27N5O. The number of H-pyrrole nitrogens is 1. The Morgan fingerprint density at radius 3 is 2.66 bits per heavy atom. The summed E-state index contributed by atoms with van der Waals surface area (Å²) in [6.45, 7) is 3.65. The highest BCUT2D eigenvalue weighted by atomic mass is 16.2. The number of hydrogen-bond donors (Lipinski definition) is 1. The molecule has 6 nitrogen and oxygen atoms in total. The topological polar surface area (TPSA) is 65.1 Å². The molecule has 1 saturated heterocycles. The Balaban J connectivity index is 1.24. The molecule has 1 aliphatic heterocycles. The van der Waals surface area contributed by atoms with Crippen molar-refractivity contribution in [2.75, 3.05) is 18.0 Å². The number of aromatic nitrogens is 3. The van der Waals surface area contributed by atoms with E-state index in [-0.39, 0.29) is 5.91 Å². The predicted molar refractivity (Wildman–Crippen MR) is 114 cm³/mol. The molecule has 0 spiro atoms. The first kappa shape index (κ1) is 18.2. The van der Waals surface area contributed by atoms with Gasteiger partial charge in [0.05, 0.1) is 6.42 Å². The summed E-state index contributed by atoms with van der Waals surface area (Å²) in [6.07, 6.45) is 8.58. The zero-order valence-electron chi connectivity index (χ0n) is 16.8. The summed E-state index contributed by atoms with van der Waals surface area (Å²) in [7, 11) is 0. The molecular weight excluding hydrogens is 362 g/mol. The monoisotopic (exact) mass is 389 g/mol. The third kappa shape index (κ3) is 3.71. The fourth-order valence-electron chi connectivity index (χ4n) is 4.55. The van der Waals surface area contributed by atoms with E-state index in [4.69, 9.17) is 0 Å². The van der Waals surface area contributed by atoms with Crippen molar-refractivity contribution in [3.63, 3.8) is 0 Å². The van der Waals surface area contributed by atoms with Gasteiger partial charge in [-0.25, -0.2) is 9.97 Å². The number of benzene rings is 1. The number of para-hydroxylation sites is 1. The summed E-state index contributed by atoms with van der Waals surface area (Å²) in [6, 6.07) is 11.3. The second-order valence-electron chi connectivity index (χ2n) is 8.30. The molecule has 0 radical (unpaired) electrons. The molecule has 2 aliphatic rings. The third-order valence-corrected chi connectivity index (χ3v) is 6.22. The molecule has 150 valence electrons. The van der Waals surface area contributed by atoms with Crippen molar-refractivity contribution in [1.82, 2.24) is 19.9 Å². The average Bonchev–Trinajstić information content (AvgIpc) is 3.49. The Kier molecular flexibility index (Phi) is 4.70. The molecule has 0 bridgehead atoms. The van der Waals surface area contributed by atoms with E-state index in [1.165, 1.54) is 12.8 Å². The molecule has 2 aromatic heterocycles. The number of carbonyl (C=O) groups excluding carboxylic acids is 1. The maximum atomic E-state index is 12.9. The lowest BCUT2D eigenvalue weighted by atomic mass is 10.0. The first-order valence-electron chi connectivity index (χ1n) is 10.6. The summed E-state index contributed by atoms with van der Waals surface area (Å²) >= 11 is 0. The number of carbonyl (C=O) groups is 1. The van der Waals surface area contributed by atoms with Crippen LogP contribution in [0.25, 0.3) is 10.9 Å². The van der Waals surface area contributed by atoms with Crippen LogP contribution in [-0.2, 0) is 11.2 Å². The van der Waals surface area contributed by atoms with Crippen LogP contribution in [0.4, 0.5) is 5.82 Å². The maximum absolute atomic E-state index is 12.9. The molecule has 0 atom stereocenters. The van der Waals surface area contributed by atoms with Crippen LogP contribution in [-0.4, -0.2) is 50.9 Å². The van der Waals surface area contributed by atoms with Gasteiger partial charge in [-0.05, 0) is 44.2 Å². The van der Waals surface area contributed by atoms with Gasteiger partial charge in [0.2, 0.25) is 5.91 Å². The lowest BCUT2D eigenvalue weighted by molar-refractivity contribution is -0.131. The van der Waals surface area contributed by atoms with Gasteiger partial charge in [0.25, 0.3) is 0 Å². The van der Waals surface area contributed by atoms with Gasteiger partial charge in [0.1, 0.15) is 12.1 Å². The molecule has 1 N–H and O–H groups in total. The van der Waals surface area contributed by atoms with Gasteiger partial charge in [0.15, 0.2) is 0 Å². The van der Waals surface area contributed by atoms with Crippen molar-refractivity contribution in [2.45, 2.75) is 51.1 Å². The van der Waals surface area contributed by atoms with Gasteiger partial charge >= 0.3 is 0 Å². The minimum Gasteiger partial charge on any atom is -0.361 e. The first-order chi connectivity index (χ1) is 14.2. The standard InChI is InChI=1S/C23H27N5O/c1-16-12-22(26-15-25-16)28(18-6-7-18)19-8-10-27(11-9-19)23(29)13-17-14-24-21-5-3-2-4-20(17)21/h2-5,12,14-15,18-19,24H,6-11,13H2,1H3. The minimum absolute atomic E-state index is 0.226. The van der Waals surface area contributed by atoms with Crippen LogP contribution in [0, 0.1) is 6.92 Å². The molecule has 1 aliphatic carbocycles. The van der Waals surface area contributed by atoms with Crippen LogP contribution in [0.1, 0.15) is 36.9 Å². The quantitative estimate of drug-likeness (QED) is 0.726. The number of nitrogens with zero attached hydrogens (tertiary/aromatic N) is 4. The highest BCUT2D eigenvalue weighted by Gasteiger charge is 2.37. The van der Waals surface area contributed by atoms with E-state index >= 15 is 0 Å². The zero-order chi connectivity index (χ0) is 19.8. The van der Waals surface area contributed by atoms with Crippen molar-refractivity contribution < 1.29 is 4.79 Å². The minimum atomic E-state index is 0.226. The number of aromatic amines is 1. The van der Waals surface area contributed by atoms with E-state index in [1.807, 2.05) is 30.2 Å². The van der Waals surface area contributed by atoms with E-state index in [2.05, 4.69) is 38.1 Å². The zero-order valence-corrected chi connectivity index (χ0v) is 16.8. The number of anilines is 1. The van der Waals surface area contributed by atoms with Crippen molar-refractivity contribution >= 4 is 22.6 Å². The molecule has 2 fully saturated rings. The van der Waals surface area contributed by atoms with Gasteiger partial charge < -0.3 is 14.8 Å². The van der Waals surface area contributed by atoms with Gasteiger partial charge in [-0.15, -0.1) is 0 Å². The van der Waals surface area contributed by atoms with Gasteiger partial charge in [0, 0.05) is 54.0 Å². The number of amides is 1. The number of aryl methyl sites for hydroxylation is 1. The van der Waals surface area contributed by atoms with Crippen molar-refractivity contribution in [2.24, 2.45) is 0 Å². The van der Waals surface area contributed by atoms with Crippen LogP contribution in [0.2, 0.25) is 0 Å². The average molecular weight is 390 g/mol. The van der Waals surface area contributed by atoms with Crippen LogP contribution in [0.3, 0.4) is 0 Å². The van der Waals surface area contributed by atoms with E-state index in [0.29, 0.717) is 18.5 Å². The summed E-state index contributed by atoms with van der Waals surface area (Å²) in [4.78, 5) is 29.5. The van der Waals surface area contributed by atoms with Crippen molar-refractivity contribution in [3.05, 3.63) is 54.1 Å². The lowest BCUT2D eigenvalue weighted by Gasteiger charge is -2.39. The first-order valence-corrected chi connectivity index (χ1v) is 10.6. The Labute approximate surface area is 171 Å². The SMILES string of the molecule is Cc1cc(N(C2CC2)C2CCN(C(=O)Cc3c[nH]c4ccccc34)CC2)ncn1. The van der Waals surface area contributed by atoms with Gasteiger partial charge in [-0.3, -0.25) is 4.79 Å². The molecule has 29 heavy (non-hydrogen) atoms. The number of nitrogens with one attached hydrogen (secondary N) is 1. The molecule has 1 amide bonds. The third-order valence-electron chi connectivity index (χ3n) is 6.22.